The van der Waals surface area contributed by atoms with Crippen LogP contribution in [0.4, 0.5) is 0 Å². The van der Waals surface area contributed by atoms with E-state index in [1.165, 1.54) is 3.58 Å². The average molecular weight is 559 g/mol. The molecule has 4 rings (SSSR count). The first-order valence-corrected chi connectivity index (χ1v) is 21.8. The molecule has 0 saturated heterocycles. The monoisotopic (exact) mass is 560 g/mol. The molecule has 4 nitrogen and oxygen atoms in total. The Kier molecular flexibility index (Phi) is 7.27. The van der Waals surface area contributed by atoms with E-state index in [9.17, 15) is 4.79 Å². The number of rotatable bonds is 7. The summed E-state index contributed by atoms with van der Waals surface area (Å²) in [7, 11) is 1.62. The van der Waals surface area contributed by atoms with Gasteiger partial charge in [-0.1, -0.05) is 0 Å². The fourth-order valence-electron chi connectivity index (χ4n) is 4.26. The number of methoxy groups -OCH3 is 1. The Morgan fingerprint density at radius 3 is 2.21 bits per heavy atom. The Morgan fingerprint density at radius 2 is 1.62 bits per heavy atom. The number of nitrogens with zero attached hydrogens (tertiary/aromatic N) is 1. The van der Waals surface area contributed by atoms with Crippen LogP contribution in [0, 0.1) is 0 Å². The summed E-state index contributed by atoms with van der Waals surface area (Å²) in [5.41, 5.74) is 4.05. The van der Waals surface area contributed by atoms with Gasteiger partial charge in [0.05, 0.1) is 0 Å². The number of ether oxygens (including phenoxy) is 1. The maximum atomic E-state index is 13.9. The summed E-state index contributed by atoms with van der Waals surface area (Å²) >= 11 is -2.39. The second-order valence-corrected chi connectivity index (χ2v) is 24.1. The summed E-state index contributed by atoms with van der Waals surface area (Å²) in [6.45, 7) is 2.08. The molecule has 3 aromatic carbocycles. The molecule has 0 aliphatic heterocycles. The van der Waals surface area contributed by atoms with Crippen molar-refractivity contribution in [2.24, 2.45) is 0 Å². The fraction of sp³-hybridized carbons (Fsp3) is 0.241. The summed E-state index contributed by atoms with van der Waals surface area (Å²) in [6.07, 6.45) is 0.788. The Balaban J connectivity index is 1.93. The number of carbonyl (C=O) groups excluding carboxylic acids is 1. The van der Waals surface area contributed by atoms with Gasteiger partial charge in [-0.15, -0.1) is 0 Å². The van der Waals surface area contributed by atoms with Crippen LogP contribution < -0.4 is 13.6 Å². The third-order valence-electron chi connectivity index (χ3n) is 6.20. The fourth-order valence-corrected chi connectivity index (χ4v) is 7.58. The van der Waals surface area contributed by atoms with Crippen molar-refractivity contribution in [2.45, 2.75) is 34.2 Å². The van der Waals surface area contributed by atoms with Gasteiger partial charge >= 0.3 is 207 Å². The normalized spacial score (nSPS) is 12.4. The van der Waals surface area contributed by atoms with Crippen LogP contribution in [0.3, 0.4) is 0 Å². The van der Waals surface area contributed by atoms with Crippen LogP contribution in [0.2, 0.25) is 14.8 Å². The molecule has 174 valence electrons. The van der Waals surface area contributed by atoms with Crippen molar-refractivity contribution in [3.63, 3.8) is 0 Å². The number of nitrogens with one attached hydrogen (secondary N) is 1. The number of aromatic nitrogens is 1. The van der Waals surface area contributed by atoms with Crippen molar-refractivity contribution in [3.05, 3.63) is 90.0 Å². The summed E-state index contributed by atoms with van der Waals surface area (Å²) < 4.78 is 7.25. The van der Waals surface area contributed by atoms with Crippen LogP contribution >= 0.6 is 0 Å². The standard InChI is InChI=1S/C26H23N2O2.3CH3.Sn/c1-3-21(18-12-6-4-7-13-18)28-26(29)23-20-16-10-11-17-22(20)27-24(25(23)30-2)19-14-8-5-9-15-19;;;;/h4-9,11-17,21H,3H2,1-2H3,(H,28,29);3*1H3;/t21-;;;;/m0..../s1. The molecule has 1 aromatic heterocycles. The van der Waals surface area contributed by atoms with Gasteiger partial charge in [-0.05, 0) is 0 Å². The van der Waals surface area contributed by atoms with Crippen LogP contribution in [0.25, 0.3) is 22.2 Å². The van der Waals surface area contributed by atoms with Gasteiger partial charge in [0, 0.05) is 0 Å². The molecule has 4 aromatic rings. The third-order valence-corrected chi connectivity index (χ3v) is 12.0. The molecule has 34 heavy (non-hydrogen) atoms. The van der Waals surface area contributed by atoms with Crippen molar-refractivity contribution in [3.8, 4) is 17.0 Å². The number of fused-ring (bicyclic) bond motifs is 1. The zero-order valence-electron chi connectivity index (χ0n) is 20.6. The zero-order chi connectivity index (χ0) is 24.3. The molecule has 0 spiro atoms. The van der Waals surface area contributed by atoms with E-state index in [0.29, 0.717) is 17.0 Å². The second-order valence-electron chi connectivity index (χ2n) is 9.56. The van der Waals surface area contributed by atoms with E-state index >= 15 is 0 Å². The average Bonchev–Trinajstić information content (AvgIpc) is 2.86. The Morgan fingerprint density at radius 1 is 0.971 bits per heavy atom. The molecule has 0 unspecified atom stereocenters. The van der Waals surface area contributed by atoms with Crippen LogP contribution in [0.15, 0.2) is 78.9 Å². The molecular weight excluding hydrogens is 527 g/mol. The summed E-state index contributed by atoms with van der Waals surface area (Å²) in [5, 5.41) is 4.12. The Hall–Kier alpha value is -2.86. The third kappa shape index (κ3) is 4.97. The number of hydrogen-bond donors (Lipinski definition) is 1. The quantitative estimate of drug-likeness (QED) is 0.269. The molecule has 1 heterocycles. The summed E-state index contributed by atoms with van der Waals surface area (Å²) in [5.74, 6) is 0.374. The number of hydrogen-bond acceptors (Lipinski definition) is 3. The molecule has 1 atom stereocenters. The Labute approximate surface area is 206 Å². The minimum atomic E-state index is -2.39. The first-order chi connectivity index (χ1) is 16.3. The molecule has 0 saturated carbocycles. The predicted octanol–water partition coefficient (Wildman–Crippen LogP) is 6.34. The second kappa shape index (κ2) is 10.2. The zero-order valence-corrected chi connectivity index (χ0v) is 23.4. The molecule has 0 radical (unpaired) electrons. The van der Waals surface area contributed by atoms with Crippen LogP contribution in [-0.2, 0) is 0 Å². The van der Waals surface area contributed by atoms with E-state index in [1.807, 2.05) is 48.5 Å². The van der Waals surface area contributed by atoms with E-state index in [0.717, 1.165) is 28.5 Å². The molecule has 1 amide bonds. The van der Waals surface area contributed by atoms with Gasteiger partial charge in [0.25, 0.3) is 0 Å². The van der Waals surface area contributed by atoms with E-state index in [-0.39, 0.29) is 11.9 Å². The van der Waals surface area contributed by atoms with Gasteiger partial charge in [-0.25, -0.2) is 0 Å². The Bertz CT molecular complexity index is 1300. The van der Waals surface area contributed by atoms with E-state index in [2.05, 4.69) is 57.4 Å². The predicted molar refractivity (Wildman–Crippen MR) is 144 cm³/mol. The number of pyridine rings is 1. The van der Waals surface area contributed by atoms with Gasteiger partial charge in [-0.2, -0.15) is 0 Å². The van der Waals surface area contributed by atoms with E-state index in [1.54, 1.807) is 7.11 Å². The number of carbonyl (C=O) groups is 1. The van der Waals surface area contributed by atoms with Crippen molar-refractivity contribution in [2.75, 3.05) is 7.11 Å². The van der Waals surface area contributed by atoms with E-state index in [4.69, 9.17) is 9.72 Å². The first kappa shape index (κ1) is 24.3. The van der Waals surface area contributed by atoms with Crippen molar-refractivity contribution in [1.82, 2.24) is 10.3 Å². The minimum absolute atomic E-state index is 0.0910. The molecular formula is C29H32N2O2Sn. The van der Waals surface area contributed by atoms with Crippen molar-refractivity contribution in [1.29, 1.82) is 0 Å². The van der Waals surface area contributed by atoms with Gasteiger partial charge < -0.3 is 0 Å². The summed E-state index contributed by atoms with van der Waals surface area (Å²) in [4.78, 5) is 26.0. The molecule has 0 fully saturated rings. The maximum absolute atomic E-state index is 13.9. The van der Waals surface area contributed by atoms with E-state index < -0.39 is 18.4 Å². The van der Waals surface area contributed by atoms with Crippen molar-refractivity contribution >= 4 is 38.8 Å². The van der Waals surface area contributed by atoms with Gasteiger partial charge in [0.15, 0.2) is 0 Å². The number of amides is 1. The van der Waals surface area contributed by atoms with Crippen LogP contribution in [-0.4, -0.2) is 36.4 Å². The summed E-state index contributed by atoms with van der Waals surface area (Å²) in [6, 6.07) is 26.3. The molecule has 0 bridgehead atoms. The topological polar surface area (TPSA) is 51.2 Å². The molecule has 0 aliphatic carbocycles. The molecule has 1 N–H and O–H groups in total. The first-order valence-electron chi connectivity index (χ1n) is 11.8. The van der Waals surface area contributed by atoms with Gasteiger partial charge in [0.2, 0.25) is 0 Å². The van der Waals surface area contributed by atoms with Gasteiger partial charge in [-0.3, -0.25) is 0 Å². The molecule has 5 heteroatoms. The number of benzene rings is 3. The molecule has 0 aliphatic rings. The van der Waals surface area contributed by atoms with Crippen LogP contribution in [0.5, 0.6) is 5.75 Å². The SMILES string of the molecule is CC[C@H](NC(=O)c1c(OC)c(-c2ccccc2)nc2cc[c]([Sn]([CH3])([CH3])[CH3])cc12)c1ccccc1. The van der Waals surface area contributed by atoms with Gasteiger partial charge in [0.1, 0.15) is 0 Å². The van der Waals surface area contributed by atoms with Crippen molar-refractivity contribution < 1.29 is 9.53 Å². The van der Waals surface area contributed by atoms with Crippen LogP contribution in [0.1, 0.15) is 35.3 Å².